The molecule has 0 amide bonds. The van der Waals surface area contributed by atoms with Crippen LogP contribution < -0.4 is 4.74 Å². The molecule has 0 radical (unpaired) electrons. The molecule has 0 spiro atoms. The highest BCUT2D eigenvalue weighted by Crippen LogP contribution is 2.17. The van der Waals surface area contributed by atoms with E-state index in [0.717, 1.165) is 5.56 Å². The average Bonchev–Trinajstić information content (AvgIpc) is 2.73. The van der Waals surface area contributed by atoms with E-state index < -0.39 is 0 Å². The lowest BCUT2D eigenvalue weighted by molar-refractivity contribution is 0.103. The Kier molecular flexibility index (Phi) is 3.19. The molecular weight excluding hydrogens is 228 g/mol. The number of nitrogens with zero attached hydrogens (tertiary/aromatic N) is 2. The van der Waals surface area contributed by atoms with Gasteiger partial charge in [-0.25, -0.2) is 4.68 Å². The Balaban J connectivity index is 2.38. The number of aromatic nitrogens is 2. The van der Waals surface area contributed by atoms with Crippen LogP contribution in [0.3, 0.4) is 0 Å². The lowest BCUT2D eigenvalue weighted by Gasteiger charge is -2.02. The van der Waals surface area contributed by atoms with Gasteiger partial charge in [-0.05, 0) is 31.0 Å². The van der Waals surface area contributed by atoms with Gasteiger partial charge < -0.3 is 4.74 Å². The molecule has 0 atom stereocenters. The number of ketones is 1. The minimum Gasteiger partial charge on any atom is -0.481 e. The summed E-state index contributed by atoms with van der Waals surface area (Å²) in [6.07, 6.45) is 0. The summed E-state index contributed by atoms with van der Waals surface area (Å²) in [5.41, 5.74) is 3.32. The maximum atomic E-state index is 12.3. The Morgan fingerprint density at radius 2 is 1.94 bits per heavy atom. The van der Waals surface area contributed by atoms with Crippen LogP contribution in [0.25, 0.3) is 0 Å². The molecule has 4 nitrogen and oxygen atoms in total. The Bertz CT molecular complexity index is 600. The predicted octanol–water partition coefficient (Wildman–Crippen LogP) is 2.28. The van der Waals surface area contributed by atoms with Crippen molar-refractivity contribution in [1.29, 1.82) is 0 Å². The summed E-state index contributed by atoms with van der Waals surface area (Å²) in [5.74, 6) is 0.485. The second kappa shape index (κ2) is 4.64. The molecule has 4 heteroatoms. The van der Waals surface area contributed by atoms with E-state index in [2.05, 4.69) is 5.10 Å². The smallest absolute Gasteiger partial charge is 0.213 e. The summed E-state index contributed by atoms with van der Waals surface area (Å²) >= 11 is 0. The highest BCUT2D eigenvalue weighted by molar-refractivity contribution is 6.08. The first kappa shape index (κ1) is 12.4. The molecule has 0 N–H and O–H groups in total. The van der Waals surface area contributed by atoms with Crippen LogP contribution in [0.4, 0.5) is 0 Å². The standard InChI is InChI=1S/C14H16N2O2/c1-9-5-6-11(7-10(9)2)14(17)12-8-13(18-4)16(3)15-12/h5-8H,1-4H3. The van der Waals surface area contributed by atoms with Gasteiger partial charge in [0.1, 0.15) is 5.69 Å². The van der Waals surface area contributed by atoms with Crippen LogP contribution in [0.15, 0.2) is 24.3 Å². The van der Waals surface area contributed by atoms with E-state index in [9.17, 15) is 4.79 Å². The molecule has 0 fully saturated rings. The van der Waals surface area contributed by atoms with Gasteiger partial charge in [-0.2, -0.15) is 5.10 Å². The van der Waals surface area contributed by atoms with Gasteiger partial charge in [-0.1, -0.05) is 12.1 Å². The summed E-state index contributed by atoms with van der Waals surface area (Å²) in [5, 5.41) is 4.15. The zero-order valence-electron chi connectivity index (χ0n) is 11.0. The normalized spacial score (nSPS) is 10.4. The van der Waals surface area contributed by atoms with Crippen molar-refractivity contribution >= 4 is 5.78 Å². The Hall–Kier alpha value is -2.10. The molecule has 94 valence electrons. The second-order valence-corrected chi connectivity index (χ2v) is 4.32. The molecule has 18 heavy (non-hydrogen) atoms. The highest BCUT2D eigenvalue weighted by Gasteiger charge is 2.15. The van der Waals surface area contributed by atoms with Gasteiger partial charge in [-0.3, -0.25) is 4.79 Å². The number of methoxy groups -OCH3 is 1. The number of benzene rings is 1. The van der Waals surface area contributed by atoms with E-state index >= 15 is 0 Å². The molecule has 0 aliphatic heterocycles. The van der Waals surface area contributed by atoms with Crippen LogP contribution in [-0.4, -0.2) is 22.7 Å². The summed E-state index contributed by atoms with van der Waals surface area (Å²) in [6.45, 7) is 4.01. The number of aryl methyl sites for hydroxylation is 3. The highest BCUT2D eigenvalue weighted by atomic mass is 16.5. The van der Waals surface area contributed by atoms with Crippen molar-refractivity contribution in [3.8, 4) is 5.88 Å². The Morgan fingerprint density at radius 3 is 2.50 bits per heavy atom. The number of carbonyl (C=O) groups is 1. The number of rotatable bonds is 3. The molecule has 0 saturated carbocycles. The molecule has 0 bridgehead atoms. The van der Waals surface area contributed by atoms with Crippen molar-refractivity contribution in [2.24, 2.45) is 7.05 Å². The monoisotopic (exact) mass is 244 g/mol. The molecule has 1 heterocycles. The van der Waals surface area contributed by atoms with Gasteiger partial charge in [0.05, 0.1) is 7.11 Å². The van der Waals surface area contributed by atoms with E-state index in [0.29, 0.717) is 17.1 Å². The number of ether oxygens (including phenoxy) is 1. The van der Waals surface area contributed by atoms with E-state index in [1.54, 1.807) is 24.9 Å². The van der Waals surface area contributed by atoms with E-state index in [4.69, 9.17) is 4.74 Å². The van der Waals surface area contributed by atoms with Crippen LogP contribution in [0.5, 0.6) is 5.88 Å². The topological polar surface area (TPSA) is 44.1 Å². The Morgan fingerprint density at radius 1 is 1.22 bits per heavy atom. The predicted molar refractivity (Wildman–Crippen MR) is 69.1 cm³/mol. The molecule has 0 aliphatic rings. The maximum absolute atomic E-state index is 12.3. The molecule has 0 aliphatic carbocycles. The summed E-state index contributed by atoms with van der Waals surface area (Å²) < 4.78 is 6.65. The van der Waals surface area contributed by atoms with Crippen molar-refractivity contribution in [2.45, 2.75) is 13.8 Å². The molecule has 2 rings (SSSR count). The van der Waals surface area contributed by atoms with E-state index in [1.807, 2.05) is 32.0 Å². The van der Waals surface area contributed by atoms with Crippen molar-refractivity contribution in [3.05, 3.63) is 46.6 Å². The first-order valence-electron chi connectivity index (χ1n) is 5.73. The van der Waals surface area contributed by atoms with Crippen LogP contribution in [0.1, 0.15) is 27.2 Å². The van der Waals surface area contributed by atoms with E-state index in [1.165, 1.54) is 5.56 Å². The lowest BCUT2D eigenvalue weighted by Crippen LogP contribution is -2.04. The summed E-state index contributed by atoms with van der Waals surface area (Å²) in [4.78, 5) is 12.3. The van der Waals surface area contributed by atoms with Crippen molar-refractivity contribution in [1.82, 2.24) is 9.78 Å². The first-order chi connectivity index (χ1) is 8.52. The fourth-order valence-corrected chi connectivity index (χ4v) is 1.78. The second-order valence-electron chi connectivity index (χ2n) is 4.32. The van der Waals surface area contributed by atoms with Crippen molar-refractivity contribution in [3.63, 3.8) is 0 Å². The zero-order valence-corrected chi connectivity index (χ0v) is 11.0. The summed E-state index contributed by atoms with van der Waals surface area (Å²) in [6, 6.07) is 7.31. The molecule has 0 unspecified atom stereocenters. The third-order valence-corrected chi connectivity index (χ3v) is 3.05. The average molecular weight is 244 g/mol. The van der Waals surface area contributed by atoms with Gasteiger partial charge in [0, 0.05) is 18.7 Å². The van der Waals surface area contributed by atoms with Crippen LogP contribution in [0, 0.1) is 13.8 Å². The fourth-order valence-electron chi connectivity index (χ4n) is 1.78. The molecular formula is C14H16N2O2. The quantitative estimate of drug-likeness (QED) is 0.778. The number of carbonyl (C=O) groups excluding carboxylic acids is 1. The van der Waals surface area contributed by atoms with Gasteiger partial charge in [0.25, 0.3) is 0 Å². The summed E-state index contributed by atoms with van der Waals surface area (Å²) in [7, 11) is 3.30. The molecule has 1 aromatic heterocycles. The van der Waals surface area contributed by atoms with Gasteiger partial charge in [0.2, 0.25) is 11.7 Å². The molecule has 2 aromatic rings. The lowest BCUT2D eigenvalue weighted by atomic mass is 10.0. The maximum Gasteiger partial charge on any atom is 0.213 e. The van der Waals surface area contributed by atoms with Gasteiger partial charge in [-0.15, -0.1) is 0 Å². The number of hydrogen-bond donors (Lipinski definition) is 0. The SMILES string of the molecule is COc1cc(C(=O)c2ccc(C)c(C)c2)nn1C. The van der Waals surface area contributed by atoms with Crippen molar-refractivity contribution in [2.75, 3.05) is 7.11 Å². The zero-order chi connectivity index (χ0) is 13.3. The van der Waals surface area contributed by atoms with Gasteiger partial charge >= 0.3 is 0 Å². The Labute approximate surface area is 106 Å². The van der Waals surface area contributed by atoms with Gasteiger partial charge in [0.15, 0.2) is 0 Å². The van der Waals surface area contributed by atoms with E-state index in [-0.39, 0.29) is 5.78 Å². The van der Waals surface area contributed by atoms with Crippen LogP contribution in [0.2, 0.25) is 0 Å². The van der Waals surface area contributed by atoms with Crippen molar-refractivity contribution < 1.29 is 9.53 Å². The minimum atomic E-state index is -0.0861. The third kappa shape index (κ3) is 2.14. The van der Waals surface area contributed by atoms with Crippen LogP contribution in [-0.2, 0) is 7.05 Å². The largest absolute Gasteiger partial charge is 0.481 e. The van der Waals surface area contributed by atoms with Crippen LogP contribution >= 0.6 is 0 Å². The first-order valence-corrected chi connectivity index (χ1v) is 5.73. The number of hydrogen-bond acceptors (Lipinski definition) is 3. The molecule has 0 saturated heterocycles. The third-order valence-electron chi connectivity index (χ3n) is 3.05. The molecule has 1 aromatic carbocycles. The fraction of sp³-hybridized carbons (Fsp3) is 0.286. The minimum absolute atomic E-state index is 0.0861.